The molecule has 0 aliphatic carbocycles. The number of nitrogens with one attached hydrogen (secondary N) is 1. The van der Waals surface area contributed by atoms with Crippen LogP contribution in [-0.2, 0) is 34.4 Å². The molecule has 1 aromatic heterocycles. The number of nitro benzene ring substituents is 1. The summed E-state index contributed by atoms with van der Waals surface area (Å²) < 4.78 is 17.9. The number of anilines is 2. The second kappa shape index (κ2) is 19.9. The van der Waals surface area contributed by atoms with E-state index in [4.69, 9.17) is 13.9 Å². The van der Waals surface area contributed by atoms with E-state index in [9.17, 15) is 34.1 Å². The van der Waals surface area contributed by atoms with Crippen molar-refractivity contribution < 1.29 is 38.0 Å². The van der Waals surface area contributed by atoms with E-state index in [0.717, 1.165) is 24.8 Å². The van der Waals surface area contributed by atoms with Crippen molar-refractivity contribution in [2.75, 3.05) is 42.5 Å². The quantitative estimate of drug-likeness (QED) is 0.0777. The van der Waals surface area contributed by atoms with Gasteiger partial charge in [0, 0.05) is 56.3 Å². The Morgan fingerprint density at radius 3 is 1.94 bits per heavy atom. The molecule has 3 heterocycles. The van der Waals surface area contributed by atoms with Crippen LogP contribution in [0.25, 0.3) is 11.1 Å². The van der Waals surface area contributed by atoms with Crippen LogP contribution < -0.4 is 25.6 Å². The van der Waals surface area contributed by atoms with Gasteiger partial charge in [0.05, 0.1) is 21.5 Å². The van der Waals surface area contributed by atoms with Gasteiger partial charge in [-0.25, -0.2) is 14.4 Å². The first-order valence-corrected chi connectivity index (χ1v) is 21.9. The van der Waals surface area contributed by atoms with Crippen molar-refractivity contribution >= 4 is 52.1 Å². The van der Waals surface area contributed by atoms with Crippen LogP contribution in [0.5, 0.6) is 5.75 Å². The number of ether oxygens (including phenoxy) is 2. The van der Waals surface area contributed by atoms with Gasteiger partial charge in [0.15, 0.2) is 11.3 Å². The Balaban J connectivity index is 0.000000218. The number of piperazine rings is 2. The molecule has 17 nitrogen and oxygen atoms in total. The fraction of sp³-hybridized carbons (Fsp3) is 0.408. The Morgan fingerprint density at radius 2 is 1.33 bits per heavy atom. The maximum absolute atomic E-state index is 13.0. The van der Waals surface area contributed by atoms with Gasteiger partial charge in [0.2, 0.25) is 11.8 Å². The topological polar surface area (TPSA) is 190 Å². The van der Waals surface area contributed by atoms with Crippen LogP contribution in [0.15, 0.2) is 106 Å². The van der Waals surface area contributed by atoms with E-state index in [1.54, 1.807) is 55.8 Å². The number of oxazole rings is 1. The molecule has 2 saturated heterocycles. The average Bonchev–Trinajstić information content (AvgIpc) is 3.55. The number of nitro groups is 1. The number of unbranched alkanes of at least 4 members (excludes halogenated alkanes) is 1. The van der Waals surface area contributed by atoms with Gasteiger partial charge in [-0.1, -0.05) is 60.7 Å². The van der Waals surface area contributed by atoms with Crippen LogP contribution in [0.4, 0.5) is 26.7 Å². The minimum absolute atomic E-state index is 0.0143. The molecule has 1 N–H and O–H groups in total. The van der Waals surface area contributed by atoms with Gasteiger partial charge in [-0.05, 0) is 97.1 Å². The largest absolute Gasteiger partial charge is 0.482 e. The van der Waals surface area contributed by atoms with Crippen LogP contribution in [0.3, 0.4) is 0 Å². The monoisotopic (exact) mass is 905 g/mol. The number of amides is 5. The number of carbonyl (C=O) groups is 4. The second-order valence-electron chi connectivity index (χ2n) is 18.7. The lowest BCUT2D eigenvalue weighted by Gasteiger charge is -2.46. The van der Waals surface area contributed by atoms with Crippen molar-refractivity contribution in [1.29, 1.82) is 0 Å². The van der Waals surface area contributed by atoms with Crippen LogP contribution in [-0.4, -0.2) is 92.6 Å². The Bertz CT molecular complexity index is 2620. The first-order valence-electron chi connectivity index (χ1n) is 21.9. The van der Waals surface area contributed by atoms with Crippen molar-refractivity contribution in [3.8, 4) is 5.75 Å². The fourth-order valence-corrected chi connectivity index (χ4v) is 7.79. The van der Waals surface area contributed by atoms with E-state index < -0.39 is 33.5 Å². The first-order chi connectivity index (χ1) is 31.1. The number of urea groups is 1. The number of nitrogens with zero attached hydrogens (tertiary/aromatic N) is 6. The number of aromatic nitrogens is 1. The van der Waals surface area contributed by atoms with E-state index in [1.807, 2.05) is 76.2 Å². The van der Waals surface area contributed by atoms with Crippen molar-refractivity contribution in [3.63, 3.8) is 0 Å². The molecule has 5 amide bonds. The molecule has 0 spiro atoms. The Hall–Kier alpha value is -7.17. The van der Waals surface area contributed by atoms with Crippen molar-refractivity contribution in [3.05, 3.63) is 129 Å². The Kier molecular flexibility index (Phi) is 14.6. The summed E-state index contributed by atoms with van der Waals surface area (Å²) in [7, 11) is 1.64. The minimum atomic E-state index is -0.719. The predicted molar refractivity (Wildman–Crippen MR) is 251 cm³/mol. The molecule has 66 heavy (non-hydrogen) atoms. The lowest BCUT2D eigenvalue weighted by molar-refractivity contribution is -0.385. The number of carbonyl (C=O) groups excluding carboxylic acids is 4. The van der Waals surface area contributed by atoms with Gasteiger partial charge in [-0.15, -0.1) is 0 Å². The lowest BCUT2D eigenvalue weighted by Crippen LogP contribution is -2.65. The third kappa shape index (κ3) is 11.7. The lowest BCUT2D eigenvalue weighted by atomic mass is 9.98. The highest BCUT2D eigenvalue weighted by Crippen LogP contribution is 2.35. The fourth-order valence-electron chi connectivity index (χ4n) is 7.79. The average molecular weight is 906 g/mol. The highest BCUT2D eigenvalue weighted by Gasteiger charge is 2.44. The highest BCUT2D eigenvalue weighted by atomic mass is 16.6. The number of benzene rings is 4. The van der Waals surface area contributed by atoms with Gasteiger partial charge >= 0.3 is 23.6 Å². The Morgan fingerprint density at radius 1 is 0.773 bits per heavy atom. The summed E-state index contributed by atoms with van der Waals surface area (Å²) >= 11 is 0. The van der Waals surface area contributed by atoms with E-state index in [1.165, 1.54) is 38.1 Å². The minimum Gasteiger partial charge on any atom is -0.482 e. The van der Waals surface area contributed by atoms with Crippen LogP contribution in [0, 0.1) is 10.1 Å². The smallest absolute Gasteiger partial charge is 0.419 e. The third-order valence-electron chi connectivity index (χ3n) is 11.4. The molecule has 7 rings (SSSR count). The number of fused-ring (bicyclic) bond motifs is 1. The zero-order chi connectivity index (χ0) is 48.0. The molecule has 4 aromatic carbocycles. The zero-order valence-corrected chi connectivity index (χ0v) is 38.9. The number of hydrogen-bond donors (Lipinski definition) is 1. The van der Waals surface area contributed by atoms with E-state index in [0.29, 0.717) is 35.6 Å². The molecule has 0 saturated carbocycles. The van der Waals surface area contributed by atoms with E-state index >= 15 is 0 Å². The summed E-state index contributed by atoms with van der Waals surface area (Å²) in [5, 5.41) is 14.5. The maximum Gasteiger partial charge on any atom is 0.419 e. The molecule has 0 radical (unpaired) electrons. The normalized spacial score (nSPS) is 15.8. The zero-order valence-electron chi connectivity index (χ0n) is 38.9. The molecule has 2 fully saturated rings. The number of aryl methyl sites for hydroxylation is 2. The molecule has 350 valence electrons. The SMILES string of the molecule is CC(C)(C)OC(=O)N1CC(=O)N(c2ccc([N+](=O)[O-])c(OCc3ccccc3)c2)CC1(C)C.Cn1c(=O)oc2cc(N3CC(C)(C)N(C(=O)NCCCCc4ccccc4)CC3=O)ccc21. The van der Waals surface area contributed by atoms with Gasteiger partial charge < -0.3 is 33.9 Å². The first kappa shape index (κ1) is 48.3. The van der Waals surface area contributed by atoms with Gasteiger partial charge in [-0.2, -0.15) is 0 Å². The highest BCUT2D eigenvalue weighted by molar-refractivity contribution is 6.00. The second-order valence-corrected chi connectivity index (χ2v) is 18.7. The van der Waals surface area contributed by atoms with E-state index in [2.05, 4.69) is 17.4 Å². The summed E-state index contributed by atoms with van der Waals surface area (Å²) in [5.41, 5.74) is 2.21. The molecule has 0 bridgehead atoms. The molecular formula is C49H59N7O10. The van der Waals surface area contributed by atoms with E-state index in [-0.39, 0.29) is 55.5 Å². The summed E-state index contributed by atoms with van der Waals surface area (Å²) in [5.74, 6) is -0.866. The standard InChI is InChI=1S/C25H30N4O4.C24H29N3O6/c1-25(2)17-28(19-12-13-20-21(15-19)33-24(32)27(20)3)22(30)16-29(25)23(31)26-14-8-7-11-18-9-5-4-6-10-18;1-23(2,3)33-22(29)26-14-21(28)25(16-24(26,4)5)18-11-12-19(27(30)31)20(13-18)32-15-17-9-7-6-8-10-17/h4-6,9-10,12-13,15H,7-8,11,14,16-17H2,1-3H3,(H,26,31);6-13H,14-16H2,1-5H3. The molecule has 2 aliphatic rings. The van der Waals surface area contributed by atoms with Crippen molar-refractivity contribution in [1.82, 2.24) is 19.7 Å². The predicted octanol–water partition coefficient (Wildman–Crippen LogP) is 7.83. The molecule has 17 heteroatoms. The molecule has 5 aromatic rings. The van der Waals surface area contributed by atoms with Crippen LogP contribution in [0.1, 0.15) is 72.4 Å². The summed E-state index contributed by atoms with van der Waals surface area (Å²) in [6.07, 6.45) is 2.28. The van der Waals surface area contributed by atoms with Crippen molar-refractivity contribution in [2.24, 2.45) is 7.05 Å². The van der Waals surface area contributed by atoms with Crippen molar-refractivity contribution in [2.45, 2.75) is 91.0 Å². The number of hydrogen-bond acceptors (Lipinski definition) is 10. The summed E-state index contributed by atoms with van der Waals surface area (Å²) in [4.78, 5) is 80.4. The number of rotatable bonds is 11. The molecule has 0 atom stereocenters. The van der Waals surface area contributed by atoms with Gasteiger partial charge in [0.1, 0.15) is 25.3 Å². The molecule has 0 unspecified atom stereocenters. The van der Waals surface area contributed by atoms with Crippen LogP contribution >= 0.6 is 0 Å². The summed E-state index contributed by atoms with van der Waals surface area (Å²) in [6.45, 7) is 14.0. The van der Waals surface area contributed by atoms with Gasteiger partial charge in [0.25, 0.3) is 0 Å². The Labute approximate surface area is 384 Å². The summed E-state index contributed by atoms with van der Waals surface area (Å²) in [6, 6.07) is 29.0. The molecular weight excluding hydrogens is 847 g/mol. The third-order valence-corrected chi connectivity index (χ3v) is 11.4. The molecule has 2 aliphatic heterocycles. The van der Waals surface area contributed by atoms with Gasteiger partial charge in [-0.3, -0.25) is 29.2 Å². The maximum atomic E-state index is 13.0. The van der Waals surface area contributed by atoms with Crippen LogP contribution in [0.2, 0.25) is 0 Å².